The predicted octanol–water partition coefficient (Wildman–Crippen LogP) is 3.10. The SMILES string of the molecule is COc1ccc(CN(C)C(=O)CN2c3ccccc3C[C@@H]2C)cc1. The average molecular weight is 324 g/mol. The molecule has 126 valence electrons. The van der Waals surface area contributed by atoms with Gasteiger partial charge in [0.25, 0.3) is 0 Å². The van der Waals surface area contributed by atoms with Crippen LogP contribution in [0.25, 0.3) is 0 Å². The van der Waals surface area contributed by atoms with Crippen LogP contribution in [-0.2, 0) is 17.8 Å². The first-order chi connectivity index (χ1) is 11.6. The first kappa shape index (κ1) is 16.4. The van der Waals surface area contributed by atoms with Crippen LogP contribution in [0.4, 0.5) is 5.69 Å². The van der Waals surface area contributed by atoms with Gasteiger partial charge in [0.1, 0.15) is 5.75 Å². The van der Waals surface area contributed by atoms with E-state index in [-0.39, 0.29) is 5.91 Å². The minimum atomic E-state index is 0.134. The summed E-state index contributed by atoms with van der Waals surface area (Å²) in [6, 6.07) is 16.6. The Morgan fingerprint density at radius 2 is 1.92 bits per heavy atom. The Hall–Kier alpha value is -2.49. The molecule has 0 fully saturated rings. The zero-order valence-electron chi connectivity index (χ0n) is 14.5. The predicted molar refractivity (Wildman–Crippen MR) is 96.4 cm³/mol. The number of nitrogens with zero attached hydrogens (tertiary/aromatic N) is 2. The van der Waals surface area contributed by atoms with E-state index in [1.54, 1.807) is 12.0 Å². The zero-order chi connectivity index (χ0) is 17.1. The number of benzene rings is 2. The average Bonchev–Trinajstić information content (AvgIpc) is 2.91. The second-order valence-corrected chi connectivity index (χ2v) is 6.41. The number of hydrogen-bond donors (Lipinski definition) is 0. The van der Waals surface area contributed by atoms with E-state index in [0.717, 1.165) is 17.7 Å². The summed E-state index contributed by atoms with van der Waals surface area (Å²) >= 11 is 0. The monoisotopic (exact) mass is 324 g/mol. The van der Waals surface area contributed by atoms with Gasteiger partial charge in [0.15, 0.2) is 0 Å². The number of carbonyl (C=O) groups excluding carboxylic acids is 1. The van der Waals surface area contributed by atoms with E-state index in [9.17, 15) is 4.79 Å². The minimum absolute atomic E-state index is 0.134. The first-order valence-corrected chi connectivity index (χ1v) is 8.30. The van der Waals surface area contributed by atoms with Crippen molar-refractivity contribution < 1.29 is 9.53 Å². The maximum Gasteiger partial charge on any atom is 0.242 e. The molecule has 0 bridgehead atoms. The van der Waals surface area contributed by atoms with E-state index < -0.39 is 0 Å². The smallest absolute Gasteiger partial charge is 0.242 e. The summed E-state index contributed by atoms with van der Waals surface area (Å²) in [5.41, 5.74) is 3.62. The van der Waals surface area contributed by atoms with Gasteiger partial charge in [-0.15, -0.1) is 0 Å². The van der Waals surface area contributed by atoms with Crippen molar-refractivity contribution in [3.63, 3.8) is 0 Å². The first-order valence-electron chi connectivity index (χ1n) is 8.30. The third-order valence-corrected chi connectivity index (χ3v) is 4.66. The van der Waals surface area contributed by atoms with Crippen LogP contribution in [0.15, 0.2) is 48.5 Å². The number of methoxy groups -OCH3 is 1. The number of anilines is 1. The molecule has 1 heterocycles. The Balaban J connectivity index is 1.64. The second kappa shape index (κ2) is 6.95. The van der Waals surface area contributed by atoms with Gasteiger partial charge in [-0.25, -0.2) is 0 Å². The van der Waals surface area contributed by atoms with E-state index in [2.05, 4.69) is 30.0 Å². The van der Waals surface area contributed by atoms with Crippen LogP contribution in [0.5, 0.6) is 5.75 Å². The molecule has 0 radical (unpaired) electrons. The van der Waals surface area contributed by atoms with E-state index >= 15 is 0 Å². The van der Waals surface area contributed by atoms with Crippen molar-refractivity contribution in [3.05, 3.63) is 59.7 Å². The van der Waals surface area contributed by atoms with Gasteiger partial charge in [0.05, 0.1) is 13.7 Å². The van der Waals surface area contributed by atoms with Gasteiger partial charge in [-0.3, -0.25) is 4.79 Å². The number of likely N-dealkylation sites (N-methyl/N-ethyl adjacent to an activating group) is 1. The van der Waals surface area contributed by atoms with Gasteiger partial charge < -0.3 is 14.5 Å². The maximum absolute atomic E-state index is 12.6. The molecule has 0 aliphatic carbocycles. The van der Waals surface area contributed by atoms with Crippen LogP contribution in [0.2, 0.25) is 0 Å². The molecule has 2 aromatic rings. The zero-order valence-corrected chi connectivity index (χ0v) is 14.5. The number of ether oxygens (including phenoxy) is 1. The molecule has 0 aromatic heterocycles. The van der Waals surface area contributed by atoms with Gasteiger partial charge in [0.2, 0.25) is 5.91 Å². The highest BCUT2D eigenvalue weighted by Crippen LogP contribution is 2.31. The highest BCUT2D eigenvalue weighted by atomic mass is 16.5. The summed E-state index contributed by atoms with van der Waals surface area (Å²) in [7, 11) is 3.51. The Morgan fingerprint density at radius 3 is 2.62 bits per heavy atom. The largest absolute Gasteiger partial charge is 0.497 e. The van der Waals surface area contributed by atoms with Crippen molar-refractivity contribution in [3.8, 4) is 5.75 Å². The topological polar surface area (TPSA) is 32.8 Å². The van der Waals surface area contributed by atoms with Crippen LogP contribution < -0.4 is 9.64 Å². The molecule has 1 atom stereocenters. The number of amides is 1. The van der Waals surface area contributed by atoms with Crippen LogP contribution in [0.3, 0.4) is 0 Å². The summed E-state index contributed by atoms with van der Waals surface area (Å²) in [6.07, 6.45) is 1.01. The lowest BCUT2D eigenvalue weighted by molar-refractivity contribution is -0.129. The normalized spacial score (nSPS) is 16.0. The van der Waals surface area contributed by atoms with Crippen molar-refractivity contribution in [2.45, 2.75) is 25.9 Å². The second-order valence-electron chi connectivity index (χ2n) is 6.41. The molecular formula is C20H24N2O2. The lowest BCUT2D eigenvalue weighted by atomic mass is 10.1. The molecule has 0 spiro atoms. The Kier molecular flexibility index (Phi) is 4.74. The fraction of sp³-hybridized carbons (Fsp3) is 0.350. The summed E-state index contributed by atoms with van der Waals surface area (Å²) in [4.78, 5) is 16.6. The number of hydrogen-bond acceptors (Lipinski definition) is 3. The summed E-state index contributed by atoms with van der Waals surface area (Å²) in [5.74, 6) is 0.963. The number of carbonyl (C=O) groups is 1. The van der Waals surface area contributed by atoms with E-state index in [4.69, 9.17) is 4.74 Å². The molecule has 4 heteroatoms. The van der Waals surface area contributed by atoms with Crippen molar-refractivity contribution >= 4 is 11.6 Å². The number of para-hydroxylation sites is 1. The summed E-state index contributed by atoms with van der Waals surface area (Å²) in [6.45, 7) is 3.20. The highest BCUT2D eigenvalue weighted by molar-refractivity contribution is 5.82. The van der Waals surface area contributed by atoms with Gasteiger partial charge >= 0.3 is 0 Å². The maximum atomic E-state index is 12.6. The molecular weight excluding hydrogens is 300 g/mol. The molecule has 0 saturated carbocycles. The van der Waals surface area contributed by atoms with Crippen LogP contribution in [0, 0.1) is 0 Å². The molecule has 0 unspecified atom stereocenters. The fourth-order valence-electron chi connectivity index (χ4n) is 3.23. The van der Waals surface area contributed by atoms with Crippen molar-refractivity contribution in [1.29, 1.82) is 0 Å². The molecule has 0 saturated heterocycles. The third-order valence-electron chi connectivity index (χ3n) is 4.66. The summed E-state index contributed by atoms with van der Waals surface area (Å²) < 4.78 is 5.17. The molecule has 1 amide bonds. The van der Waals surface area contributed by atoms with Crippen molar-refractivity contribution in [2.24, 2.45) is 0 Å². The van der Waals surface area contributed by atoms with Crippen LogP contribution >= 0.6 is 0 Å². The minimum Gasteiger partial charge on any atom is -0.497 e. The van der Waals surface area contributed by atoms with E-state index in [0.29, 0.717) is 19.1 Å². The highest BCUT2D eigenvalue weighted by Gasteiger charge is 2.27. The molecule has 3 rings (SSSR count). The van der Waals surface area contributed by atoms with Crippen LogP contribution in [0.1, 0.15) is 18.1 Å². The molecule has 1 aliphatic heterocycles. The van der Waals surface area contributed by atoms with E-state index in [1.165, 1.54) is 11.3 Å². The third kappa shape index (κ3) is 3.37. The van der Waals surface area contributed by atoms with Crippen LogP contribution in [-0.4, -0.2) is 37.6 Å². The number of rotatable bonds is 5. The Bertz CT molecular complexity index is 712. The molecule has 1 aliphatic rings. The lowest BCUT2D eigenvalue weighted by Gasteiger charge is -2.27. The van der Waals surface area contributed by atoms with Gasteiger partial charge in [0, 0.05) is 25.3 Å². The molecule has 0 N–H and O–H groups in total. The Labute approximate surface area is 143 Å². The van der Waals surface area contributed by atoms with Gasteiger partial charge in [-0.2, -0.15) is 0 Å². The van der Waals surface area contributed by atoms with Crippen molar-refractivity contribution in [2.75, 3.05) is 25.6 Å². The number of fused-ring (bicyclic) bond motifs is 1. The molecule has 4 nitrogen and oxygen atoms in total. The lowest BCUT2D eigenvalue weighted by Crippen LogP contribution is -2.40. The Morgan fingerprint density at radius 1 is 1.21 bits per heavy atom. The molecule has 24 heavy (non-hydrogen) atoms. The quantitative estimate of drug-likeness (QED) is 0.847. The van der Waals surface area contributed by atoms with Gasteiger partial charge in [-0.05, 0) is 42.7 Å². The fourth-order valence-corrected chi connectivity index (χ4v) is 3.23. The summed E-state index contributed by atoms with van der Waals surface area (Å²) in [5, 5.41) is 0. The van der Waals surface area contributed by atoms with E-state index in [1.807, 2.05) is 37.4 Å². The molecule has 2 aromatic carbocycles. The van der Waals surface area contributed by atoms with Gasteiger partial charge in [-0.1, -0.05) is 30.3 Å². The van der Waals surface area contributed by atoms with Crippen molar-refractivity contribution in [1.82, 2.24) is 4.90 Å². The standard InChI is InChI=1S/C20H24N2O2/c1-15-12-17-6-4-5-7-19(17)22(15)14-20(23)21(2)13-16-8-10-18(24-3)11-9-16/h4-11,15H,12-14H2,1-3H3/t15-/m0/s1.